The van der Waals surface area contributed by atoms with Gasteiger partial charge in [0.25, 0.3) is 0 Å². The van der Waals surface area contributed by atoms with Crippen LogP contribution in [0.15, 0.2) is 133 Å². The molecule has 0 aliphatic rings. The molecule has 0 aliphatic heterocycles. The molecule has 734 valence electrons. The molecular formula is C100H144B6N8O22. The molecule has 4 aromatic carbocycles. The smallest absolute Gasteiger partial charge is 0.246 e. The highest BCUT2D eigenvalue weighted by atomic mass is 16.6. The first-order valence-electron chi connectivity index (χ1n) is 45.9. The van der Waals surface area contributed by atoms with Crippen molar-refractivity contribution in [2.24, 2.45) is 0 Å². The van der Waals surface area contributed by atoms with Gasteiger partial charge in [0.05, 0.1) is 76.1 Å². The number of benzene rings is 4. The van der Waals surface area contributed by atoms with Crippen molar-refractivity contribution in [3.05, 3.63) is 155 Å². The Morgan fingerprint density at radius 2 is 0.632 bits per heavy atom. The monoisotopic (exact) mass is 1880 g/mol. The van der Waals surface area contributed by atoms with E-state index in [-0.39, 0.29) is 161 Å². The third-order valence-corrected chi connectivity index (χ3v) is 18.2. The number of carbonyl (C=O) groups excluding carboxylic acids is 10. The van der Waals surface area contributed by atoms with E-state index in [1.54, 1.807) is 97.9 Å². The van der Waals surface area contributed by atoms with Crippen molar-refractivity contribution >= 4 is 105 Å². The maximum absolute atomic E-state index is 12.2. The summed E-state index contributed by atoms with van der Waals surface area (Å²) in [6.07, 6.45) is 13.4. The topological polar surface area (TPSA) is 378 Å². The maximum atomic E-state index is 12.2. The van der Waals surface area contributed by atoms with E-state index in [0.29, 0.717) is 149 Å². The number of allylic oxidation sites excluding steroid dienone is 1. The zero-order valence-corrected chi connectivity index (χ0v) is 82.1. The molecular weight excluding hydrogens is 1730 g/mol. The van der Waals surface area contributed by atoms with Gasteiger partial charge in [-0.2, -0.15) is 17.5 Å². The summed E-state index contributed by atoms with van der Waals surface area (Å²) in [6.45, 7) is 22.8. The highest BCUT2D eigenvalue weighted by Crippen LogP contribution is 2.21. The highest BCUT2D eigenvalue weighted by molar-refractivity contribution is 6.22. The lowest BCUT2D eigenvalue weighted by Crippen LogP contribution is -2.31. The SMILES string of the molecule is [B]/C=C/CCC(=O)COCCOC(C)COc1cccc(C(=O)CCCNC)c1.[B]/C=C/CNC(=O)COC(C)CC.[B]/C=C/CNC(=O)COC(C)COc1cccc(C(=O)CCCNC)c1.[B]C#CCCC(=O)COCCOC(C)COc1cccc(C(=O)CCCNC)c1.[B]C#CCNC(=O)COC(C)CC.[B]C#CCNC(=O)COC(C)COc1cccc(C(=O)CCCNC)c1. The van der Waals surface area contributed by atoms with Crippen molar-refractivity contribution in [1.82, 2.24) is 42.5 Å². The van der Waals surface area contributed by atoms with E-state index in [1.165, 1.54) is 17.9 Å². The normalized spacial score (nSPS) is 11.8. The number of amides is 4. The minimum absolute atomic E-state index is 0.00971. The maximum Gasteiger partial charge on any atom is 0.246 e. The molecule has 8 N–H and O–H groups in total. The molecule has 0 bridgehead atoms. The Morgan fingerprint density at radius 1 is 0.346 bits per heavy atom. The molecule has 0 aromatic heterocycles. The summed E-state index contributed by atoms with van der Waals surface area (Å²) >= 11 is 0. The third-order valence-electron chi connectivity index (χ3n) is 18.2. The second kappa shape index (κ2) is 90.0. The summed E-state index contributed by atoms with van der Waals surface area (Å²) in [5.41, 5.74) is 2.59. The minimum Gasteiger partial charge on any atom is -0.491 e. The van der Waals surface area contributed by atoms with E-state index in [9.17, 15) is 47.9 Å². The molecule has 136 heavy (non-hydrogen) atoms. The first-order chi connectivity index (χ1) is 65.7. The molecule has 4 amide bonds. The second-order valence-electron chi connectivity index (χ2n) is 30.2. The van der Waals surface area contributed by atoms with Gasteiger partial charge in [-0.05, 0) is 189 Å². The summed E-state index contributed by atoms with van der Waals surface area (Å²) in [5.74, 6) is 20.7. The Balaban J connectivity index is 0. The van der Waals surface area contributed by atoms with Gasteiger partial charge in [-0.15, -0.1) is 23.8 Å². The van der Waals surface area contributed by atoms with Gasteiger partial charge in [-0.25, -0.2) is 0 Å². The number of Topliss-reactive ketones (excluding diaryl/α,β-unsaturated/α-hetero) is 6. The first-order valence-corrected chi connectivity index (χ1v) is 45.9. The standard InChI is InChI=1S/C22H32BNO5.C22H30BNO5.C19H27BN2O4.C19H25BN2O4.C9H16BNO2.C9H14BNO2/c2*1-18(28-14-13-27-17-20(25)8-3-4-11-23)16-29-21-9-5-7-19(15-21)22(26)10-6-12-24-2;2*1-15(25-14-19(24)22-11-5-9-20)13-26-17-7-3-6-16(12-17)18(23)8-4-10-21-2;2*1-3-8(2)13-7-9(12)11-6-4-5-10/h4-5,7,9,11,15,18,24H,3,6,8,10,12-14,16-17H2,1-2H3;5,7,9,15,18,24H,3,6,8,10,12-14,16-17H2,1-2H3;3,5-7,9,12,15,21H,4,8,10-11,13-14H2,1-2H3,(H,22,24);3,6-7,12,15,21H,4,8,10-11,13-14H2,1-2H3,(H,22,24);4-5,8H,3,6-7H2,1-2H3,(H,11,12);8H,3,6-7H2,1-2H3,(H,11,12)/b11-4+;;9-5+;;5-4+;. The molecule has 36 heteroatoms. The number of hydrogen-bond donors (Lipinski definition) is 8. The van der Waals surface area contributed by atoms with Crippen LogP contribution in [0.5, 0.6) is 23.0 Å². The van der Waals surface area contributed by atoms with Gasteiger partial charge in [0.15, 0.2) is 58.2 Å². The van der Waals surface area contributed by atoms with Gasteiger partial charge >= 0.3 is 0 Å². The van der Waals surface area contributed by atoms with E-state index in [4.69, 9.17) is 104 Å². The second-order valence-corrected chi connectivity index (χ2v) is 30.2. The van der Waals surface area contributed by atoms with Crippen LogP contribution in [0.4, 0.5) is 0 Å². The average Bonchev–Trinajstić information content (AvgIpc) is 0.898. The lowest BCUT2D eigenvalue weighted by molar-refractivity contribution is -0.128. The van der Waals surface area contributed by atoms with Gasteiger partial charge < -0.3 is 99.4 Å². The number of nitrogens with one attached hydrogen (secondary N) is 8. The summed E-state index contributed by atoms with van der Waals surface area (Å²) < 4.78 is 65.9. The van der Waals surface area contributed by atoms with E-state index in [0.717, 1.165) is 64.7 Å². The predicted octanol–water partition coefficient (Wildman–Crippen LogP) is 7.85. The Hall–Kier alpha value is -10.2. The zero-order chi connectivity index (χ0) is 101. The Labute approximate surface area is 817 Å². The molecule has 0 heterocycles. The fourth-order valence-corrected chi connectivity index (χ4v) is 10.3. The van der Waals surface area contributed by atoms with Gasteiger partial charge in [-0.1, -0.05) is 92.4 Å². The molecule has 0 spiro atoms. The van der Waals surface area contributed by atoms with Crippen LogP contribution in [0.1, 0.15) is 187 Å². The van der Waals surface area contributed by atoms with Gasteiger partial charge in [-0.3, -0.25) is 47.9 Å². The zero-order valence-electron chi connectivity index (χ0n) is 82.1. The third kappa shape index (κ3) is 76.9. The van der Waals surface area contributed by atoms with Crippen LogP contribution >= 0.6 is 0 Å². The summed E-state index contributed by atoms with van der Waals surface area (Å²) in [5, 5.41) is 22.5. The molecule has 4 rings (SSSR count). The minimum atomic E-state index is -0.281. The van der Waals surface area contributed by atoms with Crippen molar-refractivity contribution in [2.45, 2.75) is 182 Å². The first kappa shape index (κ1) is 128. The Morgan fingerprint density at radius 3 is 0.919 bits per heavy atom. The molecule has 12 radical (unpaired) electrons. The van der Waals surface area contributed by atoms with Crippen LogP contribution in [0.2, 0.25) is 0 Å². The average molecular weight is 1880 g/mol. The Bertz CT molecular complexity index is 4230. The van der Waals surface area contributed by atoms with E-state index >= 15 is 0 Å². The van der Waals surface area contributed by atoms with Crippen molar-refractivity contribution < 1.29 is 105 Å². The van der Waals surface area contributed by atoms with Gasteiger partial charge in [0.1, 0.15) is 113 Å². The van der Waals surface area contributed by atoms with E-state index in [2.05, 4.69) is 77.8 Å². The largest absolute Gasteiger partial charge is 0.491 e. The summed E-state index contributed by atoms with van der Waals surface area (Å²) in [7, 11) is 37.9. The molecule has 0 saturated heterocycles. The summed E-state index contributed by atoms with van der Waals surface area (Å²) in [6, 6.07) is 28.6. The van der Waals surface area contributed by atoms with Crippen LogP contribution < -0.4 is 61.5 Å². The molecule has 6 atom stereocenters. The van der Waals surface area contributed by atoms with Gasteiger partial charge in [0.2, 0.25) is 23.6 Å². The fraction of sp³-hybridized carbons (Fsp3) is 0.540. The van der Waals surface area contributed by atoms with Crippen LogP contribution in [0, 0.1) is 35.2 Å². The highest BCUT2D eigenvalue weighted by Gasteiger charge is 2.17. The van der Waals surface area contributed by atoms with Crippen molar-refractivity contribution in [1.29, 1.82) is 0 Å². The molecule has 0 fully saturated rings. The molecule has 6 unspecified atom stereocenters. The molecule has 0 aliphatic carbocycles. The predicted molar refractivity (Wildman–Crippen MR) is 538 cm³/mol. The van der Waals surface area contributed by atoms with Gasteiger partial charge in [0, 0.05) is 80.3 Å². The van der Waals surface area contributed by atoms with E-state index in [1.807, 2.05) is 101 Å². The van der Waals surface area contributed by atoms with Crippen molar-refractivity contribution in [2.75, 3.05) is 173 Å². The number of carbonyl (C=O) groups is 10. The van der Waals surface area contributed by atoms with Crippen LogP contribution in [-0.4, -0.2) is 315 Å². The molecule has 0 saturated carbocycles. The number of ether oxygens (including phenoxy) is 12. The van der Waals surface area contributed by atoms with Crippen molar-refractivity contribution in [3.63, 3.8) is 0 Å². The van der Waals surface area contributed by atoms with E-state index < -0.39 is 0 Å². The summed E-state index contributed by atoms with van der Waals surface area (Å²) in [4.78, 5) is 117. The quantitative estimate of drug-likeness (QED) is 0.00902. The number of rotatable bonds is 69. The number of ketones is 6. The van der Waals surface area contributed by atoms with Crippen LogP contribution in [-0.2, 0) is 66.7 Å². The number of hydrogen-bond acceptors (Lipinski definition) is 26. The van der Waals surface area contributed by atoms with Crippen LogP contribution in [0.3, 0.4) is 0 Å². The lowest BCUT2D eigenvalue weighted by Gasteiger charge is -2.15. The fourth-order valence-electron chi connectivity index (χ4n) is 10.3. The molecule has 30 nitrogen and oxygen atoms in total. The van der Waals surface area contributed by atoms with Crippen LogP contribution in [0.25, 0.3) is 0 Å². The van der Waals surface area contributed by atoms with Crippen molar-refractivity contribution in [3.8, 4) is 58.2 Å². The lowest BCUT2D eigenvalue weighted by atomic mass is 10.1. The Kier molecular flexibility index (Phi) is 84.6. The molecule has 4 aromatic rings.